The Kier molecular flexibility index (Phi) is 17.9. The first-order chi connectivity index (χ1) is 12.1. The molecule has 2 heteroatoms. The van der Waals surface area contributed by atoms with Crippen molar-refractivity contribution >= 4 is 5.97 Å². The zero-order valence-electron chi connectivity index (χ0n) is 17.8. The molecule has 0 saturated carbocycles. The van der Waals surface area contributed by atoms with Crippen LogP contribution in [0.15, 0.2) is 0 Å². The van der Waals surface area contributed by atoms with E-state index in [4.69, 9.17) is 4.74 Å². The second kappa shape index (κ2) is 18.3. The number of unbranched alkanes of at least 4 members (excludes halogenated alkanes) is 9. The molecule has 0 spiro atoms. The number of esters is 1. The highest BCUT2D eigenvalue weighted by atomic mass is 16.5. The van der Waals surface area contributed by atoms with Gasteiger partial charge in [-0.2, -0.15) is 0 Å². The van der Waals surface area contributed by atoms with Gasteiger partial charge in [0.1, 0.15) is 6.10 Å². The highest BCUT2D eigenvalue weighted by molar-refractivity contribution is 5.69. The smallest absolute Gasteiger partial charge is 0.306 e. The quantitative estimate of drug-likeness (QED) is 0.185. The van der Waals surface area contributed by atoms with Crippen LogP contribution >= 0.6 is 0 Å². The summed E-state index contributed by atoms with van der Waals surface area (Å²) >= 11 is 0. The van der Waals surface area contributed by atoms with Gasteiger partial charge in [0.15, 0.2) is 0 Å². The van der Waals surface area contributed by atoms with Crippen molar-refractivity contribution in [3.05, 3.63) is 0 Å². The molecule has 0 bridgehead atoms. The Balaban J connectivity index is 3.99. The van der Waals surface area contributed by atoms with E-state index in [1.165, 1.54) is 70.6 Å². The molecule has 0 aliphatic carbocycles. The molecule has 0 radical (unpaired) electrons. The van der Waals surface area contributed by atoms with E-state index in [2.05, 4.69) is 27.7 Å². The van der Waals surface area contributed by atoms with Crippen LogP contribution in [0.2, 0.25) is 0 Å². The van der Waals surface area contributed by atoms with Gasteiger partial charge in [-0.25, -0.2) is 0 Å². The zero-order valence-corrected chi connectivity index (χ0v) is 17.8. The maximum absolute atomic E-state index is 12.1. The van der Waals surface area contributed by atoms with Crippen molar-refractivity contribution in [2.45, 2.75) is 137 Å². The lowest BCUT2D eigenvalue weighted by Crippen LogP contribution is -2.18. The Hall–Kier alpha value is -0.530. The summed E-state index contributed by atoms with van der Waals surface area (Å²) in [5.74, 6) is 0.769. The summed E-state index contributed by atoms with van der Waals surface area (Å²) in [6.07, 6.45) is 19.1. The van der Waals surface area contributed by atoms with Gasteiger partial charge in [0.05, 0.1) is 0 Å². The van der Waals surface area contributed by atoms with Gasteiger partial charge in [-0.1, -0.05) is 91.9 Å². The van der Waals surface area contributed by atoms with E-state index < -0.39 is 0 Å². The van der Waals surface area contributed by atoms with Gasteiger partial charge in [0.25, 0.3) is 0 Å². The van der Waals surface area contributed by atoms with Crippen LogP contribution < -0.4 is 0 Å². The normalized spacial score (nSPS) is 12.5. The number of carbonyl (C=O) groups excluding carboxylic acids is 1. The molecule has 0 N–H and O–H groups in total. The van der Waals surface area contributed by atoms with Gasteiger partial charge in [-0.15, -0.1) is 0 Å². The molecule has 0 saturated heterocycles. The van der Waals surface area contributed by atoms with E-state index in [-0.39, 0.29) is 12.1 Å². The van der Waals surface area contributed by atoms with Gasteiger partial charge in [0.2, 0.25) is 0 Å². The van der Waals surface area contributed by atoms with E-state index >= 15 is 0 Å². The van der Waals surface area contributed by atoms with Crippen LogP contribution in [0, 0.1) is 5.92 Å². The first-order valence-electron chi connectivity index (χ1n) is 11.3. The lowest BCUT2D eigenvalue weighted by atomic mass is 10.0. The highest BCUT2D eigenvalue weighted by Crippen LogP contribution is 2.17. The van der Waals surface area contributed by atoms with Crippen LogP contribution in [-0.4, -0.2) is 12.1 Å². The number of ether oxygens (including phenoxy) is 1. The Morgan fingerprint density at radius 1 is 0.680 bits per heavy atom. The van der Waals surface area contributed by atoms with E-state index in [0.29, 0.717) is 6.42 Å². The maximum Gasteiger partial charge on any atom is 0.306 e. The van der Waals surface area contributed by atoms with E-state index in [9.17, 15) is 4.79 Å². The van der Waals surface area contributed by atoms with Crippen molar-refractivity contribution in [2.75, 3.05) is 0 Å². The molecule has 1 atom stereocenters. The average molecular weight is 355 g/mol. The minimum Gasteiger partial charge on any atom is -0.462 e. The van der Waals surface area contributed by atoms with Crippen molar-refractivity contribution in [1.82, 2.24) is 0 Å². The summed E-state index contributed by atoms with van der Waals surface area (Å²) in [6, 6.07) is 0. The Morgan fingerprint density at radius 3 is 1.72 bits per heavy atom. The van der Waals surface area contributed by atoms with Crippen LogP contribution in [0.4, 0.5) is 0 Å². The van der Waals surface area contributed by atoms with Gasteiger partial charge in [-0.05, 0) is 38.0 Å². The highest BCUT2D eigenvalue weighted by Gasteiger charge is 2.14. The predicted octanol–water partition coefficient (Wildman–Crippen LogP) is 7.84. The minimum absolute atomic E-state index is 0.0373. The fourth-order valence-corrected chi connectivity index (χ4v) is 3.28. The molecule has 1 unspecified atom stereocenters. The van der Waals surface area contributed by atoms with Crippen molar-refractivity contribution in [1.29, 1.82) is 0 Å². The van der Waals surface area contributed by atoms with Gasteiger partial charge < -0.3 is 4.74 Å². The molecule has 0 aromatic heterocycles. The Morgan fingerprint density at radius 2 is 1.16 bits per heavy atom. The number of hydrogen-bond donors (Lipinski definition) is 0. The lowest BCUT2D eigenvalue weighted by Gasteiger charge is -2.18. The monoisotopic (exact) mass is 354 g/mol. The Labute approximate surface area is 158 Å². The number of carbonyl (C=O) groups is 1. The van der Waals surface area contributed by atoms with Gasteiger partial charge in [-0.3, -0.25) is 4.79 Å². The topological polar surface area (TPSA) is 26.3 Å². The first-order valence-corrected chi connectivity index (χ1v) is 11.3. The molecule has 0 aliphatic rings. The first kappa shape index (κ1) is 24.5. The standard InChI is InChI=1S/C23H46O2/c1-5-7-9-11-12-14-19-22(18-13-10-8-6-2)25-23(24)20-16-15-17-21(3)4/h21-22H,5-20H2,1-4H3. The molecule has 2 nitrogen and oxygen atoms in total. The third-order valence-corrected chi connectivity index (χ3v) is 4.97. The number of rotatable bonds is 18. The molecule has 150 valence electrons. The summed E-state index contributed by atoms with van der Waals surface area (Å²) in [7, 11) is 0. The molecule has 0 aliphatic heterocycles. The SMILES string of the molecule is CCCCCCCCC(CCCCCC)OC(=O)CCCCC(C)C. The molecule has 0 aromatic carbocycles. The van der Waals surface area contributed by atoms with Gasteiger partial charge in [0, 0.05) is 6.42 Å². The summed E-state index contributed by atoms with van der Waals surface area (Å²) in [5.41, 5.74) is 0. The third-order valence-electron chi connectivity index (χ3n) is 4.97. The molecule has 0 rings (SSSR count). The molecule has 0 heterocycles. The van der Waals surface area contributed by atoms with Crippen LogP contribution in [0.1, 0.15) is 130 Å². The summed E-state index contributed by atoms with van der Waals surface area (Å²) in [5, 5.41) is 0. The fraction of sp³-hybridized carbons (Fsp3) is 0.957. The van der Waals surface area contributed by atoms with Crippen molar-refractivity contribution in [3.8, 4) is 0 Å². The summed E-state index contributed by atoms with van der Waals surface area (Å²) < 4.78 is 5.83. The van der Waals surface area contributed by atoms with Crippen LogP contribution in [-0.2, 0) is 9.53 Å². The van der Waals surface area contributed by atoms with Crippen LogP contribution in [0.5, 0.6) is 0 Å². The molecule has 0 fully saturated rings. The van der Waals surface area contributed by atoms with Crippen molar-refractivity contribution < 1.29 is 9.53 Å². The predicted molar refractivity (Wildman–Crippen MR) is 110 cm³/mol. The van der Waals surface area contributed by atoms with E-state index in [1.54, 1.807) is 0 Å². The van der Waals surface area contributed by atoms with Crippen LogP contribution in [0.25, 0.3) is 0 Å². The average Bonchev–Trinajstić information content (AvgIpc) is 2.58. The van der Waals surface area contributed by atoms with Crippen LogP contribution in [0.3, 0.4) is 0 Å². The van der Waals surface area contributed by atoms with Crippen molar-refractivity contribution in [2.24, 2.45) is 5.92 Å². The number of hydrogen-bond acceptors (Lipinski definition) is 2. The fourth-order valence-electron chi connectivity index (χ4n) is 3.28. The Bertz CT molecular complexity index is 286. The third kappa shape index (κ3) is 18.1. The minimum atomic E-state index is 0.0373. The summed E-state index contributed by atoms with van der Waals surface area (Å²) in [4.78, 5) is 12.1. The zero-order chi connectivity index (χ0) is 18.8. The molecule has 0 aromatic rings. The molecule has 25 heavy (non-hydrogen) atoms. The molecule has 0 amide bonds. The maximum atomic E-state index is 12.1. The second-order valence-corrected chi connectivity index (χ2v) is 8.16. The van der Waals surface area contributed by atoms with Crippen molar-refractivity contribution in [3.63, 3.8) is 0 Å². The summed E-state index contributed by atoms with van der Waals surface area (Å²) in [6.45, 7) is 8.98. The molecular formula is C23H46O2. The van der Waals surface area contributed by atoms with Gasteiger partial charge >= 0.3 is 5.97 Å². The second-order valence-electron chi connectivity index (χ2n) is 8.16. The lowest BCUT2D eigenvalue weighted by molar-refractivity contribution is -0.150. The van der Waals surface area contributed by atoms with E-state index in [0.717, 1.165) is 31.6 Å². The molecular weight excluding hydrogens is 308 g/mol. The largest absolute Gasteiger partial charge is 0.462 e. The van der Waals surface area contributed by atoms with E-state index in [1.807, 2.05) is 0 Å².